The lowest BCUT2D eigenvalue weighted by Gasteiger charge is -2.28. The molecular formula is C32H32N6O. The zero-order chi connectivity index (χ0) is 26.3. The Morgan fingerprint density at radius 1 is 0.769 bits per heavy atom. The van der Waals surface area contributed by atoms with Gasteiger partial charge in [0.25, 0.3) is 0 Å². The Bertz CT molecular complexity index is 1480. The third-order valence-electron chi connectivity index (χ3n) is 6.92. The number of anilines is 5. The lowest BCUT2D eigenvalue weighted by Crippen LogP contribution is -2.36. The summed E-state index contributed by atoms with van der Waals surface area (Å²) in [5.41, 5.74) is 6.59. The molecule has 2 N–H and O–H groups in total. The minimum atomic E-state index is 0.769. The van der Waals surface area contributed by atoms with E-state index in [1.54, 1.807) is 0 Å². The van der Waals surface area contributed by atoms with Gasteiger partial charge in [0, 0.05) is 48.5 Å². The highest BCUT2D eigenvalue weighted by molar-refractivity contribution is 5.80. The monoisotopic (exact) mass is 516 g/mol. The van der Waals surface area contributed by atoms with Crippen molar-refractivity contribution in [1.82, 2.24) is 14.8 Å². The number of nitrogens with one attached hydrogen (secondary N) is 2. The fraction of sp³-hybridized carbons (Fsp3) is 0.188. The smallest absolute Gasteiger partial charge is 0.136 e. The van der Waals surface area contributed by atoms with Crippen molar-refractivity contribution in [3.8, 4) is 11.1 Å². The number of pyridine rings is 1. The molecule has 0 radical (unpaired) electrons. The summed E-state index contributed by atoms with van der Waals surface area (Å²) in [6, 6.07) is 33.3. The summed E-state index contributed by atoms with van der Waals surface area (Å²) < 4.78 is 7.52. The second-order valence-corrected chi connectivity index (χ2v) is 9.56. The van der Waals surface area contributed by atoms with E-state index in [4.69, 9.17) is 9.84 Å². The second kappa shape index (κ2) is 11.8. The molecule has 0 saturated carbocycles. The van der Waals surface area contributed by atoms with Crippen LogP contribution in [0, 0.1) is 0 Å². The number of rotatable bonds is 9. The highest BCUT2D eigenvalue weighted by atomic mass is 16.5. The van der Waals surface area contributed by atoms with Crippen LogP contribution in [0.5, 0.6) is 0 Å². The van der Waals surface area contributed by atoms with Crippen molar-refractivity contribution in [3.63, 3.8) is 0 Å². The first-order valence-corrected chi connectivity index (χ1v) is 13.4. The van der Waals surface area contributed by atoms with Gasteiger partial charge in [-0.05, 0) is 66.1 Å². The van der Waals surface area contributed by atoms with Crippen molar-refractivity contribution in [1.29, 1.82) is 0 Å². The minimum Gasteiger partial charge on any atom is -0.378 e. The Hall–Kier alpha value is -4.62. The van der Waals surface area contributed by atoms with E-state index in [9.17, 15) is 0 Å². The van der Waals surface area contributed by atoms with Crippen LogP contribution < -0.4 is 15.5 Å². The number of ether oxygens (including phenoxy) is 1. The van der Waals surface area contributed by atoms with Gasteiger partial charge in [-0.2, -0.15) is 5.10 Å². The molecule has 0 spiro atoms. The molecule has 3 heterocycles. The number of para-hydroxylation sites is 1. The van der Waals surface area contributed by atoms with Gasteiger partial charge in [-0.3, -0.25) is 0 Å². The highest BCUT2D eigenvalue weighted by Gasteiger charge is 2.15. The molecule has 0 bridgehead atoms. The highest BCUT2D eigenvalue weighted by Crippen LogP contribution is 2.32. The molecule has 1 saturated heterocycles. The summed E-state index contributed by atoms with van der Waals surface area (Å²) in [6.07, 6.45) is 4.68. The van der Waals surface area contributed by atoms with Gasteiger partial charge in [-0.1, -0.05) is 48.5 Å². The van der Waals surface area contributed by atoms with Crippen molar-refractivity contribution in [3.05, 3.63) is 115 Å². The predicted molar refractivity (Wildman–Crippen MR) is 158 cm³/mol. The van der Waals surface area contributed by atoms with Crippen molar-refractivity contribution >= 4 is 28.7 Å². The second-order valence-electron chi connectivity index (χ2n) is 9.56. The number of morpholine rings is 1. The minimum absolute atomic E-state index is 0.769. The maximum absolute atomic E-state index is 5.48. The van der Waals surface area contributed by atoms with Gasteiger partial charge in [-0.15, -0.1) is 0 Å². The lowest BCUT2D eigenvalue weighted by atomic mass is 10.1. The number of aromatic nitrogens is 3. The fourth-order valence-corrected chi connectivity index (χ4v) is 4.83. The van der Waals surface area contributed by atoms with Gasteiger partial charge in [0.05, 0.1) is 19.4 Å². The van der Waals surface area contributed by atoms with Crippen molar-refractivity contribution in [2.24, 2.45) is 0 Å². The number of nitrogens with zero attached hydrogens (tertiary/aromatic N) is 4. The van der Waals surface area contributed by atoms with E-state index in [1.807, 2.05) is 47.4 Å². The molecule has 1 aliphatic rings. The molecular weight excluding hydrogens is 484 g/mol. The van der Waals surface area contributed by atoms with E-state index in [0.29, 0.717) is 0 Å². The number of aryl methyl sites for hydroxylation is 2. The van der Waals surface area contributed by atoms with Crippen LogP contribution in [0.1, 0.15) is 5.56 Å². The molecule has 0 aliphatic carbocycles. The van der Waals surface area contributed by atoms with Crippen LogP contribution in [0.4, 0.5) is 28.7 Å². The lowest BCUT2D eigenvalue weighted by molar-refractivity contribution is 0.122. The molecule has 0 atom stereocenters. The zero-order valence-electron chi connectivity index (χ0n) is 21.8. The fourth-order valence-electron chi connectivity index (χ4n) is 4.83. The summed E-state index contributed by atoms with van der Waals surface area (Å²) in [5, 5.41) is 11.8. The molecule has 39 heavy (non-hydrogen) atoms. The molecule has 6 rings (SSSR count). The molecule has 2 aromatic heterocycles. The van der Waals surface area contributed by atoms with Gasteiger partial charge in [0.2, 0.25) is 0 Å². The van der Waals surface area contributed by atoms with Crippen LogP contribution in [-0.4, -0.2) is 41.1 Å². The third kappa shape index (κ3) is 6.10. The summed E-state index contributed by atoms with van der Waals surface area (Å²) in [5.74, 6) is 1.75. The van der Waals surface area contributed by atoms with Crippen LogP contribution in [0.3, 0.4) is 0 Å². The Morgan fingerprint density at radius 2 is 1.49 bits per heavy atom. The van der Waals surface area contributed by atoms with Gasteiger partial charge in [-0.25, -0.2) is 9.67 Å². The van der Waals surface area contributed by atoms with Crippen molar-refractivity contribution < 1.29 is 4.74 Å². The molecule has 5 aromatic rings. The van der Waals surface area contributed by atoms with Crippen molar-refractivity contribution in [2.75, 3.05) is 41.8 Å². The maximum Gasteiger partial charge on any atom is 0.136 e. The van der Waals surface area contributed by atoms with E-state index in [1.165, 1.54) is 11.3 Å². The molecule has 3 aromatic carbocycles. The van der Waals surface area contributed by atoms with Crippen LogP contribution >= 0.6 is 0 Å². The molecule has 7 nitrogen and oxygen atoms in total. The molecule has 7 heteroatoms. The predicted octanol–water partition coefficient (Wildman–Crippen LogP) is 6.51. The van der Waals surface area contributed by atoms with Gasteiger partial charge in [0.15, 0.2) is 0 Å². The Balaban J connectivity index is 1.23. The molecule has 196 valence electrons. The summed E-state index contributed by atoms with van der Waals surface area (Å²) >= 11 is 0. The quantitative estimate of drug-likeness (QED) is 0.233. The first kappa shape index (κ1) is 24.7. The molecule has 0 amide bonds. The van der Waals surface area contributed by atoms with E-state index < -0.39 is 0 Å². The third-order valence-corrected chi connectivity index (χ3v) is 6.92. The van der Waals surface area contributed by atoms with E-state index in [2.05, 4.69) is 87.2 Å². The van der Waals surface area contributed by atoms with Crippen LogP contribution in [0.25, 0.3) is 11.1 Å². The normalized spacial score (nSPS) is 13.3. The van der Waals surface area contributed by atoms with Crippen LogP contribution in [0.15, 0.2) is 109 Å². The summed E-state index contributed by atoms with van der Waals surface area (Å²) in [7, 11) is 0. The standard InChI is InChI=1S/C32H32N6O/c1-3-7-25(8-4-1)16-18-38-32(36-27-9-5-2-6-10-27)30(24-34-38)26-15-17-33-31(23-26)35-28-11-13-29(14-12-28)37-19-21-39-22-20-37/h1-15,17,23-24,36H,16,18-22H2,(H,33,35). The average Bonchev–Trinajstić information content (AvgIpc) is 3.40. The number of hydrogen-bond acceptors (Lipinski definition) is 6. The number of hydrogen-bond donors (Lipinski definition) is 2. The van der Waals surface area contributed by atoms with Gasteiger partial charge in [0.1, 0.15) is 11.6 Å². The zero-order valence-corrected chi connectivity index (χ0v) is 21.8. The van der Waals surface area contributed by atoms with Crippen LogP contribution in [0.2, 0.25) is 0 Å². The average molecular weight is 517 g/mol. The Labute approximate surface area is 229 Å². The number of benzene rings is 3. The van der Waals surface area contributed by atoms with Crippen molar-refractivity contribution in [2.45, 2.75) is 13.0 Å². The Kier molecular flexibility index (Phi) is 7.50. The largest absolute Gasteiger partial charge is 0.378 e. The first-order chi connectivity index (χ1) is 19.3. The molecule has 0 unspecified atom stereocenters. The van der Waals surface area contributed by atoms with E-state index in [-0.39, 0.29) is 0 Å². The Morgan fingerprint density at radius 3 is 2.26 bits per heavy atom. The van der Waals surface area contributed by atoms with Gasteiger partial charge < -0.3 is 20.3 Å². The molecule has 1 fully saturated rings. The molecule has 1 aliphatic heterocycles. The summed E-state index contributed by atoms with van der Waals surface area (Å²) in [4.78, 5) is 6.93. The van der Waals surface area contributed by atoms with Gasteiger partial charge >= 0.3 is 0 Å². The van der Waals surface area contributed by atoms with Crippen LogP contribution in [-0.2, 0) is 17.7 Å². The SMILES string of the molecule is c1ccc(CCn2ncc(-c3ccnc(Nc4ccc(N5CCOCC5)cc4)c3)c2Nc2ccccc2)cc1. The van der Waals surface area contributed by atoms with E-state index in [0.717, 1.165) is 73.4 Å². The maximum atomic E-state index is 5.48. The topological polar surface area (TPSA) is 67.2 Å². The summed E-state index contributed by atoms with van der Waals surface area (Å²) in [6.45, 7) is 4.18. The van der Waals surface area contributed by atoms with E-state index >= 15 is 0 Å². The first-order valence-electron chi connectivity index (χ1n) is 13.4.